The van der Waals surface area contributed by atoms with E-state index in [1.54, 1.807) is 6.20 Å². The summed E-state index contributed by atoms with van der Waals surface area (Å²) in [6.45, 7) is 8.22. The molecule has 2 aliphatic rings. The summed E-state index contributed by atoms with van der Waals surface area (Å²) in [6.07, 6.45) is 3.85. The van der Waals surface area contributed by atoms with Crippen molar-refractivity contribution in [2.24, 2.45) is 0 Å². The number of ether oxygens (including phenoxy) is 2. The van der Waals surface area contributed by atoms with Crippen molar-refractivity contribution in [3.8, 4) is 11.5 Å². The van der Waals surface area contributed by atoms with Gasteiger partial charge in [-0.2, -0.15) is 0 Å². The minimum Gasteiger partial charge on any atom is -0.454 e. The second kappa shape index (κ2) is 11.2. The van der Waals surface area contributed by atoms with Crippen molar-refractivity contribution in [2.45, 2.75) is 58.8 Å². The Bertz CT molecular complexity index is 1090. The molecule has 1 aliphatic carbocycles. The van der Waals surface area contributed by atoms with Crippen LogP contribution in [0.1, 0.15) is 66.3 Å². The van der Waals surface area contributed by atoms with Crippen molar-refractivity contribution in [2.75, 3.05) is 6.79 Å². The van der Waals surface area contributed by atoms with E-state index in [2.05, 4.69) is 4.98 Å². The maximum absolute atomic E-state index is 13.1. The predicted molar refractivity (Wildman–Crippen MR) is 131 cm³/mol. The molecule has 0 bridgehead atoms. The van der Waals surface area contributed by atoms with Gasteiger partial charge in [-0.3, -0.25) is 9.59 Å². The van der Waals surface area contributed by atoms with Gasteiger partial charge < -0.3 is 9.47 Å². The molecule has 0 radical (unpaired) electrons. The van der Waals surface area contributed by atoms with Crippen LogP contribution in [0, 0.1) is 0 Å². The van der Waals surface area contributed by atoms with Crippen LogP contribution in [0.15, 0.2) is 54.7 Å². The van der Waals surface area contributed by atoms with Gasteiger partial charge in [0, 0.05) is 12.6 Å². The van der Waals surface area contributed by atoms with E-state index in [1.807, 2.05) is 76.2 Å². The van der Waals surface area contributed by atoms with Gasteiger partial charge in [0.05, 0.1) is 16.7 Å². The van der Waals surface area contributed by atoms with Crippen LogP contribution in [0.3, 0.4) is 0 Å². The first kappa shape index (κ1) is 24.6. The van der Waals surface area contributed by atoms with Gasteiger partial charge in [-0.25, -0.2) is 4.98 Å². The Morgan fingerprint density at radius 3 is 2.33 bits per heavy atom. The van der Waals surface area contributed by atoms with Crippen molar-refractivity contribution in [3.63, 3.8) is 0 Å². The van der Waals surface area contributed by atoms with Crippen LogP contribution < -0.4 is 9.47 Å². The quantitative estimate of drug-likeness (QED) is 0.389. The molecule has 0 unspecified atom stereocenters. The third-order valence-corrected chi connectivity index (χ3v) is 6.59. The highest BCUT2D eigenvalue weighted by Gasteiger charge is 2.51. The largest absolute Gasteiger partial charge is 0.454 e. The van der Waals surface area contributed by atoms with Crippen molar-refractivity contribution >= 4 is 22.9 Å². The molecule has 1 fully saturated rings. The van der Waals surface area contributed by atoms with Gasteiger partial charge in [-0.05, 0) is 36.1 Å². The summed E-state index contributed by atoms with van der Waals surface area (Å²) < 4.78 is 10.8. The molecule has 5 nitrogen and oxygen atoms in total. The first-order chi connectivity index (χ1) is 16.1. The number of nitrogens with zero attached hydrogens (tertiary/aromatic N) is 1. The van der Waals surface area contributed by atoms with Crippen LogP contribution in [-0.2, 0) is 23.1 Å². The SMILES string of the molecule is CC.CC.O=C(Cc1ccccc1)c1cnc(CC(=O)C2(c3ccc4c(c3)OCO4)CC2)s1. The van der Waals surface area contributed by atoms with E-state index in [0.717, 1.165) is 29.7 Å². The Morgan fingerprint density at radius 1 is 0.939 bits per heavy atom. The average molecular weight is 466 g/mol. The van der Waals surface area contributed by atoms with Crippen molar-refractivity contribution in [1.82, 2.24) is 4.98 Å². The molecule has 2 heterocycles. The molecule has 0 amide bonds. The molecule has 0 N–H and O–H groups in total. The lowest BCUT2D eigenvalue weighted by Crippen LogP contribution is -2.22. The summed E-state index contributed by atoms with van der Waals surface area (Å²) in [4.78, 5) is 30.5. The lowest BCUT2D eigenvalue weighted by molar-refractivity contribution is -0.120. The number of fused-ring (bicyclic) bond motifs is 1. The summed E-state index contributed by atoms with van der Waals surface area (Å²) in [7, 11) is 0. The average Bonchev–Trinajstić information content (AvgIpc) is 3.31. The zero-order chi connectivity index (χ0) is 23.8. The monoisotopic (exact) mass is 465 g/mol. The zero-order valence-corrected chi connectivity index (χ0v) is 20.5. The number of benzene rings is 2. The molecule has 1 aromatic heterocycles. The van der Waals surface area contributed by atoms with Crippen LogP contribution in [0.4, 0.5) is 0 Å². The highest BCUT2D eigenvalue weighted by Crippen LogP contribution is 2.51. The van der Waals surface area contributed by atoms with Crippen LogP contribution in [0.2, 0.25) is 0 Å². The summed E-state index contributed by atoms with van der Waals surface area (Å²) in [6, 6.07) is 15.4. The molecule has 6 heteroatoms. The maximum Gasteiger partial charge on any atom is 0.231 e. The predicted octanol–water partition coefficient (Wildman–Crippen LogP) is 6.19. The van der Waals surface area contributed by atoms with Crippen LogP contribution in [-0.4, -0.2) is 23.3 Å². The topological polar surface area (TPSA) is 65.5 Å². The summed E-state index contributed by atoms with van der Waals surface area (Å²) in [5.41, 5.74) is 1.49. The third kappa shape index (κ3) is 5.50. The molecular weight excluding hydrogens is 434 g/mol. The molecule has 0 saturated heterocycles. The molecule has 1 saturated carbocycles. The molecule has 174 valence electrons. The summed E-state index contributed by atoms with van der Waals surface area (Å²) >= 11 is 1.32. The second-order valence-electron chi connectivity index (χ2n) is 7.45. The standard InChI is InChI=1S/C23H19NO4S.2C2H6/c25-17(10-15-4-2-1-3-5-15)20-13-24-22(29-20)12-21(26)23(8-9-23)16-6-7-18-19(11-16)28-14-27-18;2*1-2/h1-7,11,13H,8-10,12,14H2;2*1-2H3. The lowest BCUT2D eigenvalue weighted by atomic mass is 9.89. The fourth-order valence-electron chi connectivity index (χ4n) is 3.74. The van der Waals surface area contributed by atoms with Crippen molar-refractivity contribution in [3.05, 3.63) is 75.7 Å². The van der Waals surface area contributed by atoms with E-state index >= 15 is 0 Å². The van der Waals surface area contributed by atoms with E-state index < -0.39 is 5.41 Å². The second-order valence-corrected chi connectivity index (χ2v) is 8.57. The number of carbonyl (C=O) groups excluding carboxylic acids is 2. The number of Topliss-reactive ketones (excluding diaryl/α,β-unsaturated/α-hetero) is 2. The molecule has 33 heavy (non-hydrogen) atoms. The van der Waals surface area contributed by atoms with E-state index in [1.165, 1.54) is 11.3 Å². The van der Waals surface area contributed by atoms with Gasteiger partial charge in [-0.1, -0.05) is 64.1 Å². The molecule has 3 aromatic rings. The number of carbonyl (C=O) groups is 2. The fourth-order valence-corrected chi connectivity index (χ4v) is 4.60. The smallest absolute Gasteiger partial charge is 0.231 e. The normalized spacial score (nSPS) is 14.3. The van der Waals surface area contributed by atoms with Gasteiger partial charge in [0.15, 0.2) is 17.3 Å². The number of hydrogen-bond donors (Lipinski definition) is 0. The first-order valence-electron chi connectivity index (χ1n) is 11.6. The number of thiazole rings is 1. The van der Waals surface area contributed by atoms with Crippen molar-refractivity contribution < 1.29 is 19.1 Å². The molecule has 5 rings (SSSR count). The Labute approximate surface area is 199 Å². The summed E-state index contributed by atoms with van der Waals surface area (Å²) in [5.74, 6) is 1.60. The third-order valence-electron chi connectivity index (χ3n) is 5.56. The van der Waals surface area contributed by atoms with Gasteiger partial charge in [0.1, 0.15) is 10.8 Å². The Balaban J connectivity index is 0.000000728. The summed E-state index contributed by atoms with van der Waals surface area (Å²) in [5, 5.41) is 0.693. The number of hydrogen-bond acceptors (Lipinski definition) is 6. The van der Waals surface area contributed by atoms with Crippen LogP contribution in [0.5, 0.6) is 11.5 Å². The fraction of sp³-hybridized carbons (Fsp3) is 0.370. The van der Waals surface area contributed by atoms with Crippen LogP contribution >= 0.6 is 11.3 Å². The highest BCUT2D eigenvalue weighted by molar-refractivity contribution is 7.13. The van der Waals surface area contributed by atoms with Gasteiger partial charge in [-0.15, -0.1) is 11.3 Å². The number of ketones is 2. The van der Waals surface area contributed by atoms with E-state index in [0.29, 0.717) is 22.1 Å². The molecule has 0 spiro atoms. The zero-order valence-electron chi connectivity index (χ0n) is 19.7. The minimum atomic E-state index is -0.457. The Hall–Kier alpha value is -2.99. The Kier molecular flexibility index (Phi) is 8.39. The molecule has 0 atom stereocenters. The minimum absolute atomic E-state index is 0.0318. The maximum atomic E-state index is 13.1. The van der Waals surface area contributed by atoms with Crippen molar-refractivity contribution in [1.29, 1.82) is 0 Å². The molecular formula is C27H31NO4S. The van der Waals surface area contributed by atoms with Gasteiger partial charge in [0.2, 0.25) is 6.79 Å². The molecule has 2 aromatic carbocycles. The number of rotatable bonds is 7. The molecule has 1 aliphatic heterocycles. The lowest BCUT2D eigenvalue weighted by Gasteiger charge is -2.14. The number of aromatic nitrogens is 1. The first-order valence-corrected chi connectivity index (χ1v) is 12.4. The van der Waals surface area contributed by atoms with E-state index in [4.69, 9.17) is 9.47 Å². The van der Waals surface area contributed by atoms with Crippen LogP contribution in [0.25, 0.3) is 0 Å². The van der Waals surface area contributed by atoms with E-state index in [9.17, 15) is 9.59 Å². The van der Waals surface area contributed by atoms with E-state index in [-0.39, 0.29) is 24.8 Å². The Morgan fingerprint density at radius 2 is 1.64 bits per heavy atom. The van der Waals surface area contributed by atoms with Gasteiger partial charge >= 0.3 is 0 Å². The van der Waals surface area contributed by atoms with Gasteiger partial charge in [0.25, 0.3) is 0 Å². The highest BCUT2D eigenvalue weighted by atomic mass is 32.1.